The molecule has 0 saturated heterocycles. The predicted molar refractivity (Wildman–Crippen MR) is 120 cm³/mol. The van der Waals surface area contributed by atoms with Gasteiger partial charge < -0.3 is 14.5 Å². The van der Waals surface area contributed by atoms with Crippen LogP contribution in [0.2, 0.25) is 10.0 Å². The van der Waals surface area contributed by atoms with Crippen molar-refractivity contribution in [2.24, 2.45) is 0 Å². The van der Waals surface area contributed by atoms with E-state index in [0.717, 1.165) is 11.3 Å². The third-order valence-corrected chi connectivity index (χ3v) is 5.12. The van der Waals surface area contributed by atoms with Crippen LogP contribution in [0.25, 0.3) is 0 Å². The van der Waals surface area contributed by atoms with E-state index in [0.29, 0.717) is 33.9 Å². The fourth-order valence-electron chi connectivity index (χ4n) is 2.96. The van der Waals surface area contributed by atoms with Crippen molar-refractivity contribution in [3.05, 3.63) is 99.6 Å². The number of para-hydroxylation sites is 1. The number of aryl methyl sites for hydroxylation is 1. The van der Waals surface area contributed by atoms with Crippen molar-refractivity contribution in [1.82, 2.24) is 9.78 Å². The largest absolute Gasteiger partial charge is 0.484 e. The molecule has 0 spiro atoms. The maximum Gasteiger partial charge on any atom is 0.292 e. The number of hydrogen-bond acceptors (Lipinski definition) is 4. The molecule has 2 heterocycles. The van der Waals surface area contributed by atoms with Crippen molar-refractivity contribution < 1.29 is 13.9 Å². The molecule has 4 rings (SSSR count). The number of carbonyl (C=O) groups excluding carboxylic acids is 1. The second kappa shape index (κ2) is 9.29. The third kappa shape index (κ3) is 5.29. The van der Waals surface area contributed by atoms with Crippen LogP contribution in [0.15, 0.2) is 71.1 Å². The molecule has 0 saturated carbocycles. The van der Waals surface area contributed by atoms with Gasteiger partial charge in [-0.25, -0.2) is 0 Å². The molecule has 8 heteroatoms. The molecule has 31 heavy (non-hydrogen) atoms. The number of halogens is 2. The lowest BCUT2D eigenvalue weighted by Crippen LogP contribution is -2.12. The molecule has 2 aromatic carbocycles. The second-order valence-electron chi connectivity index (χ2n) is 6.89. The van der Waals surface area contributed by atoms with E-state index in [2.05, 4.69) is 10.4 Å². The highest BCUT2D eigenvalue weighted by Crippen LogP contribution is 2.24. The van der Waals surface area contributed by atoms with Gasteiger partial charge in [-0.3, -0.25) is 9.48 Å². The standard InChI is InChI=1S/C23H19Cl2N3O3/c1-15-12-22(27-28(15)13-16-6-8-17(24)9-7-16)26-23(29)21-11-10-18(31-21)14-30-20-5-3-2-4-19(20)25/h2-12H,13-14H2,1H3,(H,26,27,29). The molecular weight excluding hydrogens is 437 g/mol. The van der Waals surface area contributed by atoms with Crippen LogP contribution in [0.1, 0.15) is 27.6 Å². The maximum atomic E-state index is 12.5. The molecule has 0 radical (unpaired) electrons. The van der Waals surface area contributed by atoms with Crippen LogP contribution in [0.4, 0.5) is 5.82 Å². The highest BCUT2D eigenvalue weighted by Gasteiger charge is 2.15. The number of nitrogens with one attached hydrogen (secondary N) is 1. The predicted octanol–water partition coefficient (Wildman–Crippen LogP) is 5.97. The zero-order valence-corrected chi connectivity index (χ0v) is 18.2. The van der Waals surface area contributed by atoms with Gasteiger partial charge in [0.15, 0.2) is 11.6 Å². The number of hydrogen-bond donors (Lipinski definition) is 1. The minimum absolute atomic E-state index is 0.159. The van der Waals surface area contributed by atoms with Gasteiger partial charge in [-0.05, 0) is 48.9 Å². The van der Waals surface area contributed by atoms with Crippen molar-refractivity contribution in [2.75, 3.05) is 5.32 Å². The maximum absolute atomic E-state index is 12.5. The molecule has 0 fully saturated rings. The Balaban J connectivity index is 1.37. The lowest BCUT2D eigenvalue weighted by atomic mass is 10.2. The molecule has 0 aliphatic heterocycles. The normalized spacial score (nSPS) is 10.8. The summed E-state index contributed by atoms with van der Waals surface area (Å²) in [6.07, 6.45) is 0. The Morgan fingerprint density at radius 1 is 1.10 bits per heavy atom. The van der Waals surface area contributed by atoms with Crippen LogP contribution in [0, 0.1) is 6.92 Å². The zero-order chi connectivity index (χ0) is 21.8. The number of aromatic nitrogens is 2. The monoisotopic (exact) mass is 455 g/mol. The Hall–Kier alpha value is -3.22. The van der Waals surface area contributed by atoms with Crippen LogP contribution in [-0.4, -0.2) is 15.7 Å². The van der Waals surface area contributed by atoms with E-state index in [9.17, 15) is 4.79 Å². The summed E-state index contributed by atoms with van der Waals surface area (Å²) in [5.74, 6) is 1.28. The number of nitrogens with zero attached hydrogens (tertiary/aromatic N) is 2. The van der Waals surface area contributed by atoms with Gasteiger partial charge in [0.2, 0.25) is 0 Å². The van der Waals surface area contributed by atoms with Gasteiger partial charge in [0, 0.05) is 16.8 Å². The average Bonchev–Trinajstić information content (AvgIpc) is 3.36. The molecule has 0 aliphatic rings. The molecule has 0 bridgehead atoms. The molecule has 2 aromatic heterocycles. The third-order valence-electron chi connectivity index (χ3n) is 4.56. The number of rotatable bonds is 7. The summed E-state index contributed by atoms with van der Waals surface area (Å²) < 4.78 is 13.0. The first-order chi connectivity index (χ1) is 15.0. The van der Waals surface area contributed by atoms with E-state index >= 15 is 0 Å². The molecule has 1 amide bonds. The smallest absolute Gasteiger partial charge is 0.292 e. The van der Waals surface area contributed by atoms with Crippen molar-refractivity contribution in [2.45, 2.75) is 20.1 Å². The Morgan fingerprint density at radius 3 is 2.65 bits per heavy atom. The van der Waals surface area contributed by atoms with Crippen LogP contribution in [0.3, 0.4) is 0 Å². The van der Waals surface area contributed by atoms with Crippen molar-refractivity contribution in [1.29, 1.82) is 0 Å². The summed E-state index contributed by atoms with van der Waals surface area (Å²) in [6, 6.07) is 19.8. The summed E-state index contributed by atoms with van der Waals surface area (Å²) in [4.78, 5) is 12.5. The molecule has 1 N–H and O–H groups in total. The van der Waals surface area contributed by atoms with Crippen molar-refractivity contribution >= 4 is 34.9 Å². The number of ether oxygens (including phenoxy) is 1. The first-order valence-electron chi connectivity index (χ1n) is 9.54. The number of benzene rings is 2. The summed E-state index contributed by atoms with van der Waals surface area (Å²) in [5.41, 5.74) is 1.97. The van der Waals surface area contributed by atoms with E-state index in [1.165, 1.54) is 0 Å². The lowest BCUT2D eigenvalue weighted by Gasteiger charge is -2.05. The summed E-state index contributed by atoms with van der Waals surface area (Å²) >= 11 is 12.0. The number of furan rings is 1. The van der Waals surface area contributed by atoms with Crippen LogP contribution < -0.4 is 10.1 Å². The lowest BCUT2D eigenvalue weighted by molar-refractivity contribution is 0.0992. The first kappa shape index (κ1) is 21.0. The average molecular weight is 456 g/mol. The summed E-state index contributed by atoms with van der Waals surface area (Å²) in [7, 11) is 0. The fourth-order valence-corrected chi connectivity index (χ4v) is 3.28. The van der Waals surface area contributed by atoms with E-state index in [-0.39, 0.29) is 18.3 Å². The topological polar surface area (TPSA) is 69.3 Å². The van der Waals surface area contributed by atoms with Crippen molar-refractivity contribution in [3.63, 3.8) is 0 Å². The highest BCUT2D eigenvalue weighted by molar-refractivity contribution is 6.32. The van der Waals surface area contributed by atoms with Gasteiger partial charge in [0.1, 0.15) is 18.1 Å². The second-order valence-corrected chi connectivity index (χ2v) is 7.74. The quantitative estimate of drug-likeness (QED) is 0.372. The zero-order valence-electron chi connectivity index (χ0n) is 16.6. The summed E-state index contributed by atoms with van der Waals surface area (Å²) in [5, 5.41) is 8.41. The minimum atomic E-state index is -0.389. The highest BCUT2D eigenvalue weighted by atomic mass is 35.5. The van der Waals surface area contributed by atoms with Crippen LogP contribution in [-0.2, 0) is 13.2 Å². The summed E-state index contributed by atoms with van der Waals surface area (Å²) in [6.45, 7) is 2.66. The van der Waals surface area contributed by atoms with Crippen LogP contribution in [0.5, 0.6) is 5.75 Å². The Morgan fingerprint density at radius 2 is 1.87 bits per heavy atom. The van der Waals surface area contributed by atoms with Crippen LogP contribution >= 0.6 is 23.2 Å². The fraction of sp³-hybridized carbons (Fsp3) is 0.130. The van der Waals surface area contributed by atoms with E-state index in [1.807, 2.05) is 48.0 Å². The number of anilines is 1. The Kier molecular flexibility index (Phi) is 6.30. The van der Waals surface area contributed by atoms with E-state index < -0.39 is 0 Å². The van der Waals surface area contributed by atoms with Gasteiger partial charge in [0.05, 0.1) is 11.6 Å². The van der Waals surface area contributed by atoms with Gasteiger partial charge in [0.25, 0.3) is 5.91 Å². The molecule has 158 valence electrons. The molecule has 0 unspecified atom stereocenters. The molecule has 0 atom stereocenters. The number of carbonyl (C=O) groups is 1. The molecule has 6 nitrogen and oxygen atoms in total. The van der Waals surface area contributed by atoms with Gasteiger partial charge in [-0.2, -0.15) is 5.10 Å². The molecular formula is C23H19Cl2N3O3. The van der Waals surface area contributed by atoms with Gasteiger partial charge >= 0.3 is 0 Å². The van der Waals surface area contributed by atoms with Gasteiger partial charge in [-0.1, -0.05) is 47.5 Å². The Labute approximate surface area is 189 Å². The van der Waals surface area contributed by atoms with E-state index in [1.54, 1.807) is 30.3 Å². The van der Waals surface area contributed by atoms with E-state index in [4.69, 9.17) is 32.4 Å². The number of amides is 1. The SMILES string of the molecule is Cc1cc(NC(=O)c2ccc(COc3ccccc3Cl)o2)nn1Cc1ccc(Cl)cc1. The minimum Gasteiger partial charge on any atom is -0.484 e. The van der Waals surface area contributed by atoms with Gasteiger partial charge in [-0.15, -0.1) is 0 Å². The first-order valence-corrected chi connectivity index (χ1v) is 10.3. The van der Waals surface area contributed by atoms with Crippen molar-refractivity contribution in [3.8, 4) is 5.75 Å². The molecule has 0 aliphatic carbocycles. The Bertz CT molecular complexity index is 1200. The molecule has 4 aromatic rings.